The van der Waals surface area contributed by atoms with Gasteiger partial charge in [-0.2, -0.15) is 0 Å². The zero-order valence-corrected chi connectivity index (χ0v) is 35.6. The van der Waals surface area contributed by atoms with E-state index in [0.717, 1.165) is 10.9 Å². The molecule has 0 aliphatic heterocycles. The van der Waals surface area contributed by atoms with Crippen molar-refractivity contribution < 1.29 is 15.3 Å². The second-order valence-corrected chi connectivity index (χ2v) is 14.5. The highest BCUT2D eigenvalue weighted by Gasteiger charge is 2.05. The lowest BCUT2D eigenvalue weighted by Gasteiger charge is -2.09. The number of nitrogens with zero attached hydrogens (tertiary/aromatic N) is 1. The molecule has 54 heavy (non-hydrogen) atoms. The lowest BCUT2D eigenvalue weighted by Crippen LogP contribution is -2.16. The van der Waals surface area contributed by atoms with Gasteiger partial charge in [0.1, 0.15) is 17.0 Å². The number of unbranched alkanes of at least 4 members (excludes halogenated alkanes) is 1. The second-order valence-electron chi connectivity index (χ2n) is 14.5. The summed E-state index contributed by atoms with van der Waals surface area (Å²) in [5.74, 6) is 0.422. The van der Waals surface area contributed by atoms with Crippen molar-refractivity contribution in [2.45, 2.75) is 126 Å². The summed E-state index contributed by atoms with van der Waals surface area (Å²) in [4.78, 5) is 4.03. The highest BCUT2D eigenvalue weighted by molar-refractivity contribution is 5.85. The van der Waals surface area contributed by atoms with Gasteiger partial charge in [0.2, 0.25) is 0 Å². The van der Waals surface area contributed by atoms with Crippen LogP contribution in [-0.4, -0.2) is 33.9 Å². The molecule has 298 valence electrons. The van der Waals surface area contributed by atoms with Crippen molar-refractivity contribution in [2.75, 3.05) is 13.6 Å². The van der Waals surface area contributed by atoms with E-state index in [4.69, 9.17) is 5.11 Å². The van der Waals surface area contributed by atoms with Crippen LogP contribution < -0.4 is 5.32 Å². The fourth-order valence-corrected chi connectivity index (χ4v) is 5.47. The largest absolute Gasteiger partial charge is 0.508 e. The van der Waals surface area contributed by atoms with Gasteiger partial charge >= 0.3 is 0 Å². The molecule has 2 aromatic carbocycles. The summed E-state index contributed by atoms with van der Waals surface area (Å²) < 4.78 is 0. The Labute approximate surface area is 334 Å². The summed E-state index contributed by atoms with van der Waals surface area (Å²) in [6, 6.07) is 15.8. The Morgan fingerprint density at radius 2 is 1.06 bits per heavy atom. The van der Waals surface area contributed by atoms with Crippen LogP contribution in [0.2, 0.25) is 0 Å². The second kappa shape index (κ2) is 30.4. The van der Waals surface area contributed by atoms with Crippen LogP contribution >= 0.6 is 12.4 Å². The van der Waals surface area contributed by atoms with E-state index in [0.29, 0.717) is 12.1 Å². The first-order chi connectivity index (χ1) is 25.3. The minimum atomic E-state index is -0.554. The molecule has 6 heteroatoms. The van der Waals surface area contributed by atoms with E-state index in [-0.39, 0.29) is 23.9 Å². The molecule has 0 amide bonds. The predicted octanol–water partition coefficient (Wildman–Crippen LogP) is 13.6. The molecule has 1 heterocycles. The number of aliphatic hydroxyl groups is 1. The number of rotatable bonds is 18. The van der Waals surface area contributed by atoms with E-state index >= 15 is 0 Å². The Kier molecular flexibility index (Phi) is 28.2. The number of halogens is 1. The van der Waals surface area contributed by atoms with Crippen LogP contribution in [0.25, 0.3) is 10.9 Å². The number of aromatic nitrogens is 1. The molecule has 3 rings (SSSR count). The molecule has 0 aliphatic rings. The number of para-hydroxylation sites is 1. The number of hydrogen-bond acceptors (Lipinski definition) is 5. The zero-order valence-electron chi connectivity index (χ0n) is 34.8. The maximum atomic E-state index is 9.47. The number of phenols is 2. The van der Waals surface area contributed by atoms with Crippen molar-refractivity contribution in [2.24, 2.45) is 0 Å². The van der Waals surface area contributed by atoms with Crippen LogP contribution in [-0.2, 0) is 0 Å². The first-order valence-electron chi connectivity index (χ1n) is 19.4. The highest BCUT2D eigenvalue weighted by Crippen LogP contribution is 2.21. The lowest BCUT2D eigenvalue weighted by atomic mass is 10.0. The summed E-state index contributed by atoms with van der Waals surface area (Å²) in [6.45, 7) is 18.3. The van der Waals surface area contributed by atoms with Crippen molar-refractivity contribution in [3.8, 4) is 11.5 Å². The number of aliphatic hydroxyl groups excluding tert-OH is 1. The molecule has 5 nitrogen and oxygen atoms in total. The third-order valence-electron chi connectivity index (χ3n) is 8.66. The SMILES string of the molecule is CC(C)=CCC/C(C)=C/CC/C(C)=C/CC/C=C(\C)CC/C=C(\C)CCC=C(C)C.CNC[C@H](O)c1cccc(O)c1.Cl.Oc1cccc2cccnc12. The van der Waals surface area contributed by atoms with E-state index in [1.807, 2.05) is 18.2 Å². The monoisotopic (exact) mass is 759 g/mol. The van der Waals surface area contributed by atoms with Crippen LogP contribution in [0.1, 0.15) is 131 Å². The average molecular weight is 760 g/mol. The van der Waals surface area contributed by atoms with Gasteiger partial charge in [-0.05, 0) is 156 Å². The maximum absolute atomic E-state index is 9.47. The van der Waals surface area contributed by atoms with Gasteiger partial charge in [0, 0.05) is 18.1 Å². The predicted molar refractivity (Wildman–Crippen MR) is 238 cm³/mol. The molecule has 4 N–H and O–H groups in total. The fourth-order valence-electron chi connectivity index (χ4n) is 5.47. The molecule has 0 unspecified atom stereocenters. The molecule has 0 fully saturated rings. The number of likely N-dealkylation sites (N-methyl/N-ethyl adjacent to an activating group) is 1. The molecule has 0 spiro atoms. The molecule has 1 aromatic heterocycles. The van der Waals surface area contributed by atoms with Gasteiger partial charge in [-0.3, -0.25) is 4.98 Å². The van der Waals surface area contributed by atoms with E-state index in [1.54, 1.807) is 49.6 Å². The molecule has 0 saturated heterocycles. The Morgan fingerprint density at radius 1 is 0.611 bits per heavy atom. The van der Waals surface area contributed by atoms with Crippen molar-refractivity contribution in [3.63, 3.8) is 0 Å². The standard InChI is InChI=1S/C30H50.C9H13NO2.C9H7NO.ClH/c1-25(2)15-11-19-29(7)23-13-21-27(5)17-9-10-18-28(6)22-14-24-30(8)20-12-16-26(3)4;1-10-6-9(12)7-3-2-4-8(11)5-7;11-8-5-1-3-7-4-2-6-10-9(7)8;/h15-18,23-24H,9-14,19-22H2,1-8H3;2-5,9-12H,6H2,1H3;1-6,11H;1H/b27-17+,28-18+,29-23+,30-24+;;;/t;9-;;/m.0../s1. The van der Waals surface area contributed by atoms with Gasteiger partial charge in [0.05, 0.1) is 6.10 Å². The Balaban J connectivity index is 0.000000940. The number of fused-ring (bicyclic) bond motifs is 1. The Morgan fingerprint density at radius 3 is 1.50 bits per heavy atom. The van der Waals surface area contributed by atoms with Crippen LogP contribution in [0.15, 0.2) is 131 Å². The smallest absolute Gasteiger partial charge is 0.141 e. The molecule has 0 aliphatic carbocycles. The molecular formula is C48H71ClN2O3. The van der Waals surface area contributed by atoms with E-state index in [2.05, 4.69) is 102 Å². The number of phenolic OH excluding ortho intramolecular Hbond substituents is 2. The van der Waals surface area contributed by atoms with Crippen LogP contribution in [0.4, 0.5) is 0 Å². The lowest BCUT2D eigenvalue weighted by molar-refractivity contribution is 0.177. The Bertz CT molecular complexity index is 1590. The topological polar surface area (TPSA) is 85.6 Å². The number of hydrogen-bond donors (Lipinski definition) is 4. The molecule has 0 saturated carbocycles. The highest BCUT2D eigenvalue weighted by atomic mass is 35.5. The average Bonchev–Trinajstić information content (AvgIpc) is 3.11. The van der Waals surface area contributed by atoms with Crippen LogP contribution in [0, 0.1) is 0 Å². The van der Waals surface area contributed by atoms with Gasteiger partial charge in [-0.1, -0.05) is 100 Å². The number of nitrogens with one attached hydrogen (secondary N) is 1. The third-order valence-corrected chi connectivity index (χ3v) is 8.66. The summed E-state index contributed by atoms with van der Waals surface area (Å²) >= 11 is 0. The number of allylic oxidation sites excluding steroid dienone is 12. The maximum Gasteiger partial charge on any atom is 0.141 e. The van der Waals surface area contributed by atoms with Gasteiger partial charge in [0.15, 0.2) is 0 Å². The molecular weight excluding hydrogens is 688 g/mol. The van der Waals surface area contributed by atoms with Crippen LogP contribution in [0.3, 0.4) is 0 Å². The van der Waals surface area contributed by atoms with Gasteiger partial charge in [-0.25, -0.2) is 0 Å². The minimum Gasteiger partial charge on any atom is -0.508 e. The third kappa shape index (κ3) is 25.2. The summed E-state index contributed by atoms with van der Waals surface area (Å²) in [7, 11) is 1.77. The van der Waals surface area contributed by atoms with Crippen molar-refractivity contribution in [3.05, 3.63) is 136 Å². The quantitative estimate of drug-likeness (QED) is 0.0767. The summed E-state index contributed by atoms with van der Waals surface area (Å²) in [5.41, 5.74) is 10.4. The number of benzene rings is 2. The number of aromatic hydroxyl groups is 2. The zero-order chi connectivity index (χ0) is 39.4. The summed E-state index contributed by atoms with van der Waals surface area (Å²) in [5, 5.41) is 31.7. The van der Waals surface area contributed by atoms with E-state index in [1.165, 1.54) is 97.6 Å². The van der Waals surface area contributed by atoms with Crippen LogP contribution in [0.5, 0.6) is 11.5 Å². The van der Waals surface area contributed by atoms with E-state index in [9.17, 15) is 10.2 Å². The van der Waals surface area contributed by atoms with Crippen molar-refractivity contribution in [1.82, 2.24) is 10.3 Å². The Hall–Kier alpha value is -3.90. The molecule has 3 aromatic rings. The first-order valence-corrected chi connectivity index (χ1v) is 19.4. The van der Waals surface area contributed by atoms with Gasteiger partial charge in [-0.15, -0.1) is 12.4 Å². The van der Waals surface area contributed by atoms with Gasteiger partial charge < -0.3 is 20.6 Å². The molecule has 1 atom stereocenters. The van der Waals surface area contributed by atoms with Crippen molar-refractivity contribution in [1.29, 1.82) is 0 Å². The van der Waals surface area contributed by atoms with Gasteiger partial charge in [0.25, 0.3) is 0 Å². The normalized spacial score (nSPS) is 12.4. The molecule has 0 bridgehead atoms. The minimum absolute atomic E-state index is 0. The number of pyridine rings is 1. The summed E-state index contributed by atoms with van der Waals surface area (Å²) in [6.07, 6.45) is 27.3. The fraction of sp³-hybridized carbons (Fsp3) is 0.438. The first kappa shape index (κ1) is 50.1. The van der Waals surface area contributed by atoms with Crippen molar-refractivity contribution >= 4 is 23.3 Å². The molecule has 0 radical (unpaired) electrons. The van der Waals surface area contributed by atoms with E-state index < -0.39 is 6.10 Å².